The van der Waals surface area contributed by atoms with Gasteiger partial charge in [-0.2, -0.15) is 0 Å². The maximum Gasteiger partial charge on any atom is 0.0719 e. The Kier molecular flexibility index (Phi) is 6.01. The van der Waals surface area contributed by atoms with Crippen LogP contribution in [0.15, 0.2) is 30.5 Å². The van der Waals surface area contributed by atoms with E-state index in [0.29, 0.717) is 12.0 Å². The van der Waals surface area contributed by atoms with Crippen LogP contribution < -0.4 is 5.32 Å². The molecule has 0 spiro atoms. The highest BCUT2D eigenvalue weighted by Gasteiger charge is 2.13. The minimum absolute atomic E-state index is 0.520. The monoisotopic (exact) mass is 304 g/mol. The Balaban J connectivity index is 2.23. The lowest BCUT2D eigenvalue weighted by atomic mass is 9.95. The number of rotatable bonds is 7. The number of hydrogen-bond donors (Lipinski definition) is 1. The minimum atomic E-state index is 0.520. The molecule has 0 amide bonds. The van der Waals surface area contributed by atoms with E-state index in [2.05, 4.69) is 43.2 Å². The second-order valence-corrected chi connectivity index (χ2v) is 6.55. The molecule has 1 unspecified atom stereocenters. The number of halogens is 1. The van der Waals surface area contributed by atoms with Crippen molar-refractivity contribution in [3.63, 3.8) is 0 Å². The lowest BCUT2D eigenvalue weighted by Gasteiger charge is -2.21. The van der Waals surface area contributed by atoms with Gasteiger partial charge in [0, 0.05) is 22.6 Å². The van der Waals surface area contributed by atoms with E-state index >= 15 is 0 Å². The number of aromatic nitrogens is 1. The summed E-state index contributed by atoms with van der Waals surface area (Å²) in [6, 6.07) is 8.64. The summed E-state index contributed by atoms with van der Waals surface area (Å²) in [5.41, 5.74) is 2.34. The van der Waals surface area contributed by atoms with Gasteiger partial charge in [-0.15, -0.1) is 0 Å². The quantitative estimate of drug-likeness (QED) is 0.791. The van der Waals surface area contributed by atoms with Crippen LogP contribution in [-0.4, -0.2) is 17.6 Å². The Bertz CT molecular complexity index is 580. The van der Waals surface area contributed by atoms with E-state index in [4.69, 9.17) is 11.6 Å². The molecule has 3 heteroatoms. The maximum absolute atomic E-state index is 6.06. The van der Waals surface area contributed by atoms with Crippen molar-refractivity contribution in [1.29, 1.82) is 0 Å². The topological polar surface area (TPSA) is 24.9 Å². The fourth-order valence-corrected chi connectivity index (χ4v) is 2.95. The molecule has 0 fully saturated rings. The molecule has 1 aromatic carbocycles. The van der Waals surface area contributed by atoms with Crippen molar-refractivity contribution in [3.05, 3.63) is 41.0 Å². The Hall–Kier alpha value is -1.12. The number of nitrogens with zero attached hydrogens (tertiary/aromatic N) is 1. The summed E-state index contributed by atoms with van der Waals surface area (Å²) in [6.07, 6.45) is 5.29. The molecule has 0 saturated heterocycles. The highest BCUT2D eigenvalue weighted by atomic mass is 35.5. The van der Waals surface area contributed by atoms with Gasteiger partial charge in [-0.1, -0.05) is 38.4 Å². The summed E-state index contributed by atoms with van der Waals surface area (Å²) in [4.78, 5) is 4.43. The SMILES string of the molecule is CCCNC(Cc1ccnc2cc(Cl)ccc12)CC(C)C. The molecule has 0 bridgehead atoms. The normalized spacial score (nSPS) is 13.0. The van der Waals surface area contributed by atoms with E-state index in [1.807, 2.05) is 18.3 Å². The van der Waals surface area contributed by atoms with Crippen molar-refractivity contribution < 1.29 is 0 Å². The van der Waals surface area contributed by atoms with Gasteiger partial charge < -0.3 is 5.32 Å². The van der Waals surface area contributed by atoms with Gasteiger partial charge in [0.15, 0.2) is 0 Å². The predicted octanol–water partition coefficient (Wildman–Crippen LogP) is 4.85. The smallest absolute Gasteiger partial charge is 0.0719 e. The number of fused-ring (bicyclic) bond motifs is 1. The molecule has 2 aromatic rings. The first-order valence-corrected chi connectivity index (χ1v) is 8.24. The second kappa shape index (κ2) is 7.77. The number of benzene rings is 1. The molecule has 114 valence electrons. The van der Waals surface area contributed by atoms with Crippen LogP contribution in [0.2, 0.25) is 5.02 Å². The van der Waals surface area contributed by atoms with E-state index in [1.165, 1.54) is 23.8 Å². The van der Waals surface area contributed by atoms with E-state index in [9.17, 15) is 0 Å². The standard InChI is InChI=1S/C18H25ClN2/c1-4-8-20-16(10-13(2)3)11-14-7-9-21-18-12-15(19)5-6-17(14)18/h5-7,9,12-13,16,20H,4,8,10-11H2,1-3H3. The van der Waals surface area contributed by atoms with Gasteiger partial charge in [0.05, 0.1) is 5.52 Å². The molecule has 1 heterocycles. The van der Waals surface area contributed by atoms with Crippen LogP contribution in [0.1, 0.15) is 39.2 Å². The molecule has 1 aromatic heterocycles. The van der Waals surface area contributed by atoms with Gasteiger partial charge >= 0.3 is 0 Å². The van der Waals surface area contributed by atoms with Crippen LogP contribution in [0.3, 0.4) is 0 Å². The molecule has 2 rings (SSSR count). The van der Waals surface area contributed by atoms with E-state index in [0.717, 1.165) is 23.5 Å². The Labute approximate surface area is 132 Å². The number of hydrogen-bond acceptors (Lipinski definition) is 2. The third-order valence-corrected chi connectivity index (χ3v) is 3.94. The van der Waals surface area contributed by atoms with Crippen molar-refractivity contribution in [2.24, 2.45) is 5.92 Å². The summed E-state index contributed by atoms with van der Waals surface area (Å²) in [5.74, 6) is 0.696. The van der Waals surface area contributed by atoms with Crippen LogP contribution in [0.25, 0.3) is 10.9 Å². The zero-order chi connectivity index (χ0) is 15.2. The molecule has 1 N–H and O–H groups in total. The van der Waals surface area contributed by atoms with Crippen molar-refractivity contribution in [1.82, 2.24) is 10.3 Å². The Morgan fingerprint density at radius 2 is 2.05 bits per heavy atom. The van der Waals surface area contributed by atoms with Gasteiger partial charge in [-0.05, 0) is 55.5 Å². The molecule has 0 aliphatic heterocycles. The van der Waals surface area contributed by atoms with Crippen molar-refractivity contribution >= 4 is 22.5 Å². The molecule has 21 heavy (non-hydrogen) atoms. The first-order chi connectivity index (χ1) is 10.1. The first-order valence-electron chi connectivity index (χ1n) is 7.86. The Morgan fingerprint density at radius 3 is 2.76 bits per heavy atom. The molecule has 0 aliphatic rings. The highest BCUT2D eigenvalue weighted by molar-refractivity contribution is 6.31. The largest absolute Gasteiger partial charge is 0.314 e. The molecular weight excluding hydrogens is 280 g/mol. The Morgan fingerprint density at radius 1 is 1.24 bits per heavy atom. The summed E-state index contributed by atoms with van der Waals surface area (Å²) in [7, 11) is 0. The van der Waals surface area contributed by atoms with Crippen molar-refractivity contribution in [2.45, 2.75) is 46.1 Å². The van der Waals surface area contributed by atoms with E-state index in [1.54, 1.807) is 0 Å². The van der Waals surface area contributed by atoms with E-state index in [-0.39, 0.29) is 0 Å². The zero-order valence-corrected chi connectivity index (χ0v) is 14.0. The molecule has 0 aliphatic carbocycles. The molecule has 0 radical (unpaired) electrons. The van der Waals surface area contributed by atoms with Crippen LogP contribution in [0, 0.1) is 5.92 Å². The molecular formula is C18H25ClN2. The average molecular weight is 305 g/mol. The lowest BCUT2D eigenvalue weighted by Crippen LogP contribution is -2.33. The van der Waals surface area contributed by atoms with Crippen LogP contribution in [0.5, 0.6) is 0 Å². The average Bonchev–Trinajstić information content (AvgIpc) is 2.44. The third-order valence-electron chi connectivity index (χ3n) is 3.70. The van der Waals surface area contributed by atoms with Gasteiger partial charge in [0.1, 0.15) is 0 Å². The van der Waals surface area contributed by atoms with Crippen LogP contribution in [-0.2, 0) is 6.42 Å². The maximum atomic E-state index is 6.06. The fourth-order valence-electron chi connectivity index (χ4n) is 2.78. The summed E-state index contributed by atoms with van der Waals surface area (Å²) >= 11 is 6.06. The van der Waals surface area contributed by atoms with Crippen molar-refractivity contribution in [2.75, 3.05) is 6.54 Å². The summed E-state index contributed by atoms with van der Waals surface area (Å²) in [6.45, 7) is 7.85. The molecule has 0 saturated carbocycles. The van der Waals surface area contributed by atoms with Crippen LogP contribution in [0.4, 0.5) is 0 Å². The van der Waals surface area contributed by atoms with Gasteiger partial charge in [0.25, 0.3) is 0 Å². The molecule has 2 nitrogen and oxygen atoms in total. The van der Waals surface area contributed by atoms with Gasteiger partial charge in [0.2, 0.25) is 0 Å². The lowest BCUT2D eigenvalue weighted by molar-refractivity contribution is 0.417. The molecule has 1 atom stereocenters. The third kappa shape index (κ3) is 4.69. The van der Waals surface area contributed by atoms with E-state index < -0.39 is 0 Å². The predicted molar refractivity (Wildman–Crippen MR) is 92.0 cm³/mol. The minimum Gasteiger partial charge on any atom is -0.314 e. The van der Waals surface area contributed by atoms with Crippen molar-refractivity contribution in [3.8, 4) is 0 Å². The summed E-state index contributed by atoms with van der Waals surface area (Å²) < 4.78 is 0. The van der Waals surface area contributed by atoms with Gasteiger partial charge in [-0.25, -0.2) is 0 Å². The van der Waals surface area contributed by atoms with Gasteiger partial charge in [-0.3, -0.25) is 4.98 Å². The number of nitrogens with one attached hydrogen (secondary N) is 1. The fraction of sp³-hybridized carbons (Fsp3) is 0.500. The highest BCUT2D eigenvalue weighted by Crippen LogP contribution is 2.22. The zero-order valence-electron chi connectivity index (χ0n) is 13.2. The second-order valence-electron chi connectivity index (χ2n) is 6.12. The van der Waals surface area contributed by atoms with Crippen LogP contribution >= 0.6 is 11.6 Å². The summed E-state index contributed by atoms with van der Waals surface area (Å²) in [5, 5.41) is 5.64. The first kappa shape index (κ1) is 16.3. The number of pyridine rings is 1.